The van der Waals surface area contributed by atoms with E-state index in [1.807, 2.05) is 13.8 Å². The Bertz CT molecular complexity index is 1100. The van der Waals surface area contributed by atoms with Crippen molar-refractivity contribution in [3.63, 3.8) is 0 Å². The van der Waals surface area contributed by atoms with Crippen molar-refractivity contribution < 1.29 is 19.4 Å². The topological polar surface area (TPSA) is 110 Å². The van der Waals surface area contributed by atoms with E-state index in [0.717, 1.165) is 0 Å². The van der Waals surface area contributed by atoms with Crippen molar-refractivity contribution in [3.8, 4) is 22.9 Å². The smallest absolute Gasteiger partial charge is 0.244 e. The number of anilines is 1. The van der Waals surface area contributed by atoms with Gasteiger partial charge in [-0.05, 0) is 50.2 Å². The number of amides is 2. The number of carbonyl (C=O) groups is 2. The van der Waals surface area contributed by atoms with Gasteiger partial charge < -0.3 is 20.1 Å². The third kappa shape index (κ3) is 6.26. The first-order chi connectivity index (χ1) is 15.9. The van der Waals surface area contributed by atoms with E-state index in [0.29, 0.717) is 41.1 Å². The normalized spacial score (nSPS) is 10.6. The van der Waals surface area contributed by atoms with Gasteiger partial charge in [-0.3, -0.25) is 9.59 Å². The molecule has 0 unspecified atom stereocenters. The zero-order chi connectivity index (χ0) is 23.8. The number of ether oxygens (including phenoxy) is 1. The molecule has 0 radical (unpaired) electrons. The minimum Gasteiger partial charge on any atom is -0.507 e. The number of phenolic OH excluding ortho intramolecular Hbond substituents is 1. The molecule has 10 heteroatoms. The van der Waals surface area contributed by atoms with Crippen LogP contribution in [0.15, 0.2) is 53.7 Å². The van der Waals surface area contributed by atoms with Crippen LogP contribution in [0.25, 0.3) is 11.4 Å². The largest absolute Gasteiger partial charge is 0.507 e. The molecule has 0 saturated heterocycles. The van der Waals surface area contributed by atoms with Crippen LogP contribution in [0.5, 0.6) is 11.5 Å². The molecular formula is C23H27N5O4S. The van der Waals surface area contributed by atoms with E-state index in [-0.39, 0.29) is 29.9 Å². The number of likely N-dealkylation sites (N-methyl/N-ethyl adjacent to an activating group) is 1. The van der Waals surface area contributed by atoms with Crippen molar-refractivity contribution in [2.24, 2.45) is 0 Å². The fraction of sp³-hybridized carbons (Fsp3) is 0.304. The van der Waals surface area contributed by atoms with Crippen LogP contribution in [-0.4, -0.2) is 62.5 Å². The Hall–Kier alpha value is -3.53. The van der Waals surface area contributed by atoms with Gasteiger partial charge in [0.2, 0.25) is 11.8 Å². The monoisotopic (exact) mass is 469 g/mol. The number of aromatic nitrogens is 3. The molecule has 3 rings (SSSR count). The molecule has 9 nitrogen and oxygen atoms in total. The van der Waals surface area contributed by atoms with E-state index < -0.39 is 0 Å². The minimum atomic E-state index is -0.223. The number of hydrogen-bond acceptors (Lipinski definition) is 7. The lowest BCUT2D eigenvalue weighted by molar-refractivity contribution is -0.131. The maximum absolute atomic E-state index is 12.7. The fourth-order valence-electron chi connectivity index (χ4n) is 3.12. The van der Waals surface area contributed by atoms with Crippen LogP contribution in [-0.2, 0) is 16.1 Å². The van der Waals surface area contributed by atoms with Crippen molar-refractivity contribution >= 4 is 29.3 Å². The molecule has 0 aliphatic heterocycles. The molecule has 2 amide bonds. The van der Waals surface area contributed by atoms with E-state index in [2.05, 4.69) is 15.4 Å². The first-order valence-electron chi connectivity index (χ1n) is 10.5. The number of rotatable bonds is 10. The summed E-state index contributed by atoms with van der Waals surface area (Å²) >= 11 is 1.17. The van der Waals surface area contributed by atoms with Crippen molar-refractivity contribution in [3.05, 3.63) is 48.5 Å². The number of para-hydroxylation sites is 1. The standard InChI is InChI=1S/C23H27N5O4S/c1-4-27(5-2)21(31)14-28-23(25-22(26-28)18-8-6-7-9-19(18)29)33-15-20(30)24-16-10-12-17(32-3)13-11-16/h6-13,29H,4-5,14-15H2,1-3H3,(H,24,30). The highest BCUT2D eigenvalue weighted by atomic mass is 32.2. The number of nitrogens with one attached hydrogen (secondary N) is 1. The first-order valence-corrected chi connectivity index (χ1v) is 11.5. The van der Waals surface area contributed by atoms with E-state index in [1.54, 1.807) is 60.5 Å². The molecule has 0 saturated carbocycles. The summed E-state index contributed by atoms with van der Waals surface area (Å²) < 4.78 is 6.60. The fourth-order valence-corrected chi connectivity index (χ4v) is 3.86. The molecule has 0 fully saturated rings. The second kappa shape index (κ2) is 11.4. The van der Waals surface area contributed by atoms with Crippen molar-refractivity contribution in [1.82, 2.24) is 19.7 Å². The maximum Gasteiger partial charge on any atom is 0.244 e. The first kappa shape index (κ1) is 24.1. The van der Waals surface area contributed by atoms with E-state index in [1.165, 1.54) is 16.4 Å². The summed E-state index contributed by atoms with van der Waals surface area (Å²) in [7, 11) is 1.58. The SMILES string of the molecule is CCN(CC)C(=O)Cn1nc(-c2ccccc2O)nc1SCC(=O)Nc1ccc(OC)cc1. The summed E-state index contributed by atoms with van der Waals surface area (Å²) in [6, 6.07) is 13.8. The molecule has 1 heterocycles. The molecule has 0 atom stereocenters. The van der Waals surface area contributed by atoms with Crippen molar-refractivity contribution in [2.75, 3.05) is 31.3 Å². The van der Waals surface area contributed by atoms with Crippen LogP contribution >= 0.6 is 11.8 Å². The van der Waals surface area contributed by atoms with E-state index >= 15 is 0 Å². The quantitative estimate of drug-likeness (QED) is 0.439. The Morgan fingerprint density at radius 3 is 2.45 bits per heavy atom. The molecule has 3 aromatic rings. The van der Waals surface area contributed by atoms with Gasteiger partial charge >= 0.3 is 0 Å². The number of methoxy groups -OCH3 is 1. The molecule has 0 aliphatic rings. The van der Waals surface area contributed by atoms with Crippen LogP contribution in [0.4, 0.5) is 5.69 Å². The Kier molecular flexibility index (Phi) is 8.31. The van der Waals surface area contributed by atoms with Crippen LogP contribution in [0.1, 0.15) is 13.8 Å². The van der Waals surface area contributed by atoms with Crippen LogP contribution in [0.3, 0.4) is 0 Å². The summed E-state index contributed by atoms with van der Waals surface area (Å²) in [6.45, 7) is 4.99. The van der Waals surface area contributed by atoms with E-state index in [4.69, 9.17) is 4.74 Å². The number of thioether (sulfide) groups is 1. The number of hydrogen-bond donors (Lipinski definition) is 2. The van der Waals surface area contributed by atoms with E-state index in [9.17, 15) is 14.7 Å². The lowest BCUT2D eigenvalue weighted by Gasteiger charge is -2.18. The molecule has 2 N–H and O–H groups in total. The molecule has 0 bridgehead atoms. The highest BCUT2D eigenvalue weighted by Gasteiger charge is 2.19. The molecular weight excluding hydrogens is 442 g/mol. The third-order valence-corrected chi connectivity index (χ3v) is 5.86. The van der Waals surface area contributed by atoms with Gasteiger partial charge in [-0.1, -0.05) is 23.9 Å². The van der Waals surface area contributed by atoms with Crippen molar-refractivity contribution in [2.45, 2.75) is 25.5 Å². The number of phenols is 1. The Morgan fingerprint density at radius 2 is 1.82 bits per heavy atom. The summed E-state index contributed by atoms with van der Waals surface area (Å²) in [5.41, 5.74) is 1.10. The van der Waals surface area contributed by atoms with Gasteiger partial charge in [0.25, 0.3) is 0 Å². The molecule has 0 spiro atoms. The maximum atomic E-state index is 12.7. The van der Waals surface area contributed by atoms with Gasteiger partial charge in [0.15, 0.2) is 11.0 Å². The summed E-state index contributed by atoms with van der Waals surface area (Å²) in [5, 5.41) is 17.9. The molecule has 1 aromatic heterocycles. The van der Waals surface area contributed by atoms with Crippen LogP contribution < -0.4 is 10.1 Å². The second-order valence-electron chi connectivity index (χ2n) is 7.02. The van der Waals surface area contributed by atoms with Gasteiger partial charge in [0.05, 0.1) is 18.4 Å². The Morgan fingerprint density at radius 1 is 1.12 bits per heavy atom. The Balaban J connectivity index is 1.77. The molecule has 0 aliphatic carbocycles. The lowest BCUT2D eigenvalue weighted by Crippen LogP contribution is -2.33. The minimum absolute atomic E-state index is 0.00922. The number of nitrogens with zero attached hydrogens (tertiary/aromatic N) is 4. The highest BCUT2D eigenvalue weighted by molar-refractivity contribution is 7.99. The predicted molar refractivity (Wildman–Crippen MR) is 127 cm³/mol. The second-order valence-corrected chi connectivity index (χ2v) is 7.97. The Labute approximate surface area is 196 Å². The highest BCUT2D eigenvalue weighted by Crippen LogP contribution is 2.28. The molecule has 174 valence electrons. The summed E-state index contributed by atoms with van der Waals surface area (Å²) in [6.07, 6.45) is 0. The molecule has 2 aromatic carbocycles. The van der Waals surface area contributed by atoms with Crippen LogP contribution in [0.2, 0.25) is 0 Å². The van der Waals surface area contributed by atoms with Gasteiger partial charge in [0, 0.05) is 18.8 Å². The van der Waals surface area contributed by atoms with Crippen LogP contribution in [0, 0.1) is 0 Å². The average Bonchev–Trinajstić information content (AvgIpc) is 3.21. The summed E-state index contributed by atoms with van der Waals surface area (Å²) in [4.78, 5) is 31.3. The summed E-state index contributed by atoms with van der Waals surface area (Å²) in [5.74, 6) is 0.781. The third-order valence-electron chi connectivity index (χ3n) is 4.89. The molecule has 33 heavy (non-hydrogen) atoms. The number of benzene rings is 2. The average molecular weight is 470 g/mol. The van der Waals surface area contributed by atoms with Gasteiger partial charge in [-0.2, -0.15) is 0 Å². The predicted octanol–water partition coefficient (Wildman–Crippen LogP) is 3.26. The van der Waals surface area contributed by atoms with Gasteiger partial charge in [-0.25, -0.2) is 9.67 Å². The zero-order valence-electron chi connectivity index (χ0n) is 18.8. The van der Waals surface area contributed by atoms with Crippen molar-refractivity contribution in [1.29, 1.82) is 0 Å². The number of carbonyl (C=O) groups excluding carboxylic acids is 2. The lowest BCUT2D eigenvalue weighted by atomic mass is 10.2. The van der Waals surface area contributed by atoms with Gasteiger partial charge in [-0.15, -0.1) is 5.10 Å². The number of aromatic hydroxyl groups is 1. The van der Waals surface area contributed by atoms with Gasteiger partial charge in [0.1, 0.15) is 18.0 Å². The zero-order valence-corrected chi connectivity index (χ0v) is 19.6.